The van der Waals surface area contributed by atoms with Crippen LogP contribution in [0.4, 0.5) is 5.95 Å². The van der Waals surface area contributed by atoms with Gasteiger partial charge in [0.15, 0.2) is 0 Å². The van der Waals surface area contributed by atoms with Crippen LogP contribution < -0.4 is 5.32 Å². The van der Waals surface area contributed by atoms with Gasteiger partial charge in [-0.15, -0.1) is 10.2 Å². The van der Waals surface area contributed by atoms with Gasteiger partial charge in [-0.2, -0.15) is 11.3 Å². The lowest BCUT2D eigenvalue weighted by Crippen LogP contribution is -2.08. The molecule has 0 saturated carbocycles. The average molecular weight is 256 g/mol. The number of hydrogen-bond donors (Lipinski definition) is 1. The standard InChI is InChI=1S/C13H12N4S/c1-2-4-12-11(3-1)15-13(17-16-12)14-7-5-10-6-8-18-9-10/h1-4,6,8-9H,5,7H2,(H,14,15,17). The average Bonchev–Trinajstić information content (AvgIpc) is 2.92. The van der Waals surface area contributed by atoms with Crippen LogP contribution in [0.1, 0.15) is 5.56 Å². The maximum atomic E-state index is 4.41. The second-order valence-corrected chi connectivity index (χ2v) is 4.71. The number of hydrogen-bond acceptors (Lipinski definition) is 5. The van der Waals surface area contributed by atoms with E-state index in [1.165, 1.54) is 5.56 Å². The summed E-state index contributed by atoms with van der Waals surface area (Å²) >= 11 is 1.72. The Morgan fingerprint density at radius 2 is 1.94 bits per heavy atom. The van der Waals surface area contributed by atoms with Crippen LogP contribution in [-0.4, -0.2) is 21.7 Å². The summed E-state index contributed by atoms with van der Waals surface area (Å²) < 4.78 is 0. The third-order valence-electron chi connectivity index (χ3n) is 2.64. The molecule has 1 aromatic carbocycles. The van der Waals surface area contributed by atoms with Gasteiger partial charge in [0.2, 0.25) is 5.95 Å². The lowest BCUT2D eigenvalue weighted by Gasteiger charge is -2.03. The largest absolute Gasteiger partial charge is 0.353 e. The minimum atomic E-state index is 0.587. The van der Waals surface area contributed by atoms with Crippen LogP contribution >= 0.6 is 11.3 Å². The van der Waals surface area contributed by atoms with Crippen LogP contribution in [0.25, 0.3) is 11.0 Å². The summed E-state index contributed by atoms with van der Waals surface area (Å²) in [5, 5.41) is 15.6. The molecule has 0 aliphatic carbocycles. The lowest BCUT2D eigenvalue weighted by atomic mass is 10.2. The fourth-order valence-electron chi connectivity index (χ4n) is 1.71. The molecule has 0 bridgehead atoms. The highest BCUT2D eigenvalue weighted by molar-refractivity contribution is 7.07. The molecule has 2 heterocycles. The third kappa shape index (κ3) is 2.46. The number of rotatable bonds is 4. The van der Waals surface area contributed by atoms with Gasteiger partial charge >= 0.3 is 0 Å². The van der Waals surface area contributed by atoms with E-state index in [1.807, 2.05) is 24.3 Å². The highest BCUT2D eigenvalue weighted by Crippen LogP contribution is 2.10. The van der Waals surface area contributed by atoms with Crippen LogP contribution in [0, 0.1) is 0 Å². The van der Waals surface area contributed by atoms with Crippen LogP contribution in [0.5, 0.6) is 0 Å². The highest BCUT2D eigenvalue weighted by atomic mass is 32.1. The smallest absolute Gasteiger partial charge is 0.243 e. The summed E-state index contributed by atoms with van der Waals surface area (Å²) in [5.74, 6) is 0.587. The van der Waals surface area contributed by atoms with Crippen LogP contribution in [0.2, 0.25) is 0 Å². The Bertz CT molecular complexity index is 636. The van der Waals surface area contributed by atoms with Gasteiger partial charge < -0.3 is 5.32 Å². The minimum absolute atomic E-state index is 0.587. The molecule has 0 fully saturated rings. The first-order valence-electron chi connectivity index (χ1n) is 5.76. The molecule has 1 N–H and O–H groups in total. The van der Waals surface area contributed by atoms with Gasteiger partial charge in [-0.1, -0.05) is 12.1 Å². The summed E-state index contributed by atoms with van der Waals surface area (Å²) in [6, 6.07) is 9.86. The normalized spacial score (nSPS) is 10.7. The topological polar surface area (TPSA) is 50.7 Å². The zero-order valence-electron chi connectivity index (χ0n) is 9.71. The van der Waals surface area contributed by atoms with Crippen molar-refractivity contribution >= 4 is 28.3 Å². The number of fused-ring (bicyclic) bond motifs is 1. The van der Waals surface area contributed by atoms with Crippen molar-refractivity contribution in [2.45, 2.75) is 6.42 Å². The fourth-order valence-corrected chi connectivity index (χ4v) is 2.41. The molecule has 5 heteroatoms. The van der Waals surface area contributed by atoms with E-state index in [4.69, 9.17) is 0 Å². The first kappa shape index (κ1) is 11.1. The summed E-state index contributed by atoms with van der Waals surface area (Å²) in [6.07, 6.45) is 0.972. The van der Waals surface area contributed by atoms with Crippen LogP contribution in [0.15, 0.2) is 41.1 Å². The molecule has 3 aromatic rings. The fraction of sp³-hybridized carbons (Fsp3) is 0.154. The van der Waals surface area contributed by atoms with Gasteiger partial charge in [-0.05, 0) is 40.9 Å². The predicted molar refractivity (Wildman–Crippen MR) is 73.8 cm³/mol. The van der Waals surface area contributed by atoms with Crippen molar-refractivity contribution in [3.63, 3.8) is 0 Å². The first-order chi connectivity index (χ1) is 8.92. The SMILES string of the molecule is c1ccc2nc(NCCc3ccsc3)nnc2c1. The molecule has 4 nitrogen and oxygen atoms in total. The molecule has 0 aliphatic heterocycles. The second-order valence-electron chi connectivity index (χ2n) is 3.93. The first-order valence-corrected chi connectivity index (χ1v) is 6.70. The van der Waals surface area contributed by atoms with Gasteiger partial charge in [-0.25, -0.2) is 4.98 Å². The van der Waals surface area contributed by atoms with Crippen LogP contribution in [0.3, 0.4) is 0 Å². The molecule has 0 spiro atoms. The van der Waals surface area contributed by atoms with Gasteiger partial charge in [0.25, 0.3) is 0 Å². The second kappa shape index (κ2) is 5.10. The molecular formula is C13H12N4S. The van der Waals surface area contributed by atoms with Crippen molar-refractivity contribution in [1.82, 2.24) is 15.2 Å². The number of benzene rings is 1. The molecule has 0 amide bonds. The van der Waals surface area contributed by atoms with E-state index >= 15 is 0 Å². The van der Waals surface area contributed by atoms with E-state index in [0.29, 0.717) is 5.95 Å². The Balaban J connectivity index is 1.67. The predicted octanol–water partition coefficient (Wildman–Crippen LogP) is 2.74. The van der Waals surface area contributed by atoms with Gasteiger partial charge in [0.05, 0.1) is 5.52 Å². The highest BCUT2D eigenvalue weighted by Gasteiger charge is 2.00. The molecule has 0 aliphatic rings. The van der Waals surface area contributed by atoms with Gasteiger partial charge in [0, 0.05) is 6.54 Å². The van der Waals surface area contributed by atoms with Crippen molar-refractivity contribution < 1.29 is 0 Å². The summed E-state index contributed by atoms with van der Waals surface area (Å²) in [6.45, 7) is 0.816. The lowest BCUT2D eigenvalue weighted by molar-refractivity contribution is 0.954. The van der Waals surface area contributed by atoms with Crippen molar-refractivity contribution in [3.8, 4) is 0 Å². The number of para-hydroxylation sites is 1. The van der Waals surface area contributed by atoms with E-state index in [9.17, 15) is 0 Å². The van der Waals surface area contributed by atoms with E-state index < -0.39 is 0 Å². The zero-order chi connectivity index (χ0) is 12.2. The number of nitrogens with one attached hydrogen (secondary N) is 1. The van der Waals surface area contributed by atoms with Gasteiger partial charge in [-0.3, -0.25) is 0 Å². The van der Waals surface area contributed by atoms with E-state index in [2.05, 4.69) is 37.3 Å². The third-order valence-corrected chi connectivity index (χ3v) is 3.37. The molecular weight excluding hydrogens is 244 g/mol. The number of nitrogens with zero attached hydrogens (tertiary/aromatic N) is 3. The molecule has 0 unspecified atom stereocenters. The molecule has 0 saturated heterocycles. The Morgan fingerprint density at radius 1 is 1.06 bits per heavy atom. The Morgan fingerprint density at radius 3 is 2.78 bits per heavy atom. The van der Waals surface area contributed by atoms with Gasteiger partial charge in [0.1, 0.15) is 5.52 Å². The van der Waals surface area contributed by atoms with E-state index in [-0.39, 0.29) is 0 Å². The zero-order valence-corrected chi connectivity index (χ0v) is 10.5. The van der Waals surface area contributed by atoms with Crippen molar-refractivity contribution in [1.29, 1.82) is 0 Å². The maximum absolute atomic E-state index is 4.41. The van der Waals surface area contributed by atoms with Crippen molar-refractivity contribution in [2.75, 3.05) is 11.9 Å². The molecule has 18 heavy (non-hydrogen) atoms. The summed E-state index contributed by atoms with van der Waals surface area (Å²) in [7, 11) is 0. The molecule has 90 valence electrons. The quantitative estimate of drug-likeness (QED) is 0.779. The minimum Gasteiger partial charge on any atom is -0.353 e. The Labute approximate surface area is 109 Å². The number of anilines is 1. The van der Waals surface area contributed by atoms with Crippen molar-refractivity contribution in [2.24, 2.45) is 0 Å². The molecule has 0 radical (unpaired) electrons. The monoisotopic (exact) mass is 256 g/mol. The summed E-state index contributed by atoms with van der Waals surface area (Å²) in [4.78, 5) is 4.41. The molecule has 2 aromatic heterocycles. The van der Waals surface area contributed by atoms with E-state index in [0.717, 1.165) is 24.0 Å². The number of aromatic nitrogens is 3. The molecule has 0 atom stereocenters. The van der Waals surface area contributed by atoms with Crippen LogP contribution in [-0.2, 0) is 6.42 Å². The number of thiophene rings is 1. The molecule has 3 rings (SSSR count). The maximum Gasteiger partial charge on any atom is 0.243 e. The van der Waals surface area contributed by atoms with E-state index in [1.54, 1.807) is 11.3 Å². The Kier molecular flexibility index (Phi) is 3.14. The Hall–Kier alpha value is -2.01. The van der Waals surface area contributed by atoms with Crippen molar-refractivity contribution in [3.05, 3.63) is 46.7 Å². The summed E-state index contributed by atoms with van der Waals surface area (Å²) in [5.41, 5.74) is 3.02.